The highest BCUT2D eigenvalue weighted by Gasteiger charge is 2.25. The van der Waals surface area contributed by atoms with Gasteiger partial charge in [0.05, 0.1) is 13.2 Å². The number of ether oxygens (including phenoxy) is 1. The molecular weight excluding hydrogens is 338 g/mol. The second-order valence-corrected chi connectivity index (χ2v) is 9.40. The van der Waals surface area contributed by atoms with Crippen molar-refractivity contribution in [1.82, 2.24) is 0 Å². The Morgan fingerprint density at radius 2 is 1.96 bits per heavy atom. The molecule has 0 spiro atoms. The second kappa shape index (κ2) is 8.24. The fourth-order valence-corrected chi connectivity index (χ4v) is 5.48. The van der Waals surface area contributed by atoms with E-state index in [-0.39, 0.29) is 0 Å². The highest BCUT2D eigenvalue weighted by atomic mass is 32.1. The van der Waals surface area contributed by atoms with Crippen LogP contribution in [0.1, 0.15) is 65.0 Å². The summed E-state index contributed by atoms with van der Waals surface area (Å²) in [5.74, 6) is 1.36. The van der Waals surface area contributed by atoms with E-state index in [1.807, 2.05) is 11.3 Å². The summed E-state index contributed by atoms with van der Waals surface area (Å²) in [5, 5.41) is 0. The number of rotatable bonds is 6. The van der Waals surface area contributed by atoms with Gasteiger partial charge in [0.15, 0.2) is 0 Å². The molecular formula is C23H31NOS. The summed E-state index contributed by atoms with van der Waals surface area (Å²) in [4.78, 5) is 2.81. The molecule has 0 aliphatic heterocycles. The van der Waals surface area contributed by atoms with Crippen LogP contribution in [0.4, 0.5) is 0 Å². The molecule has 1 fully saturated rings. The first kappa shape index (κ1) is 18.2. The normalized spacial score (nSPS) is 25.4. The Labute approximate surface area is 161 Å². The van der Waals surface area contributed by atoms with Crippen LogP contribution in [0.5, 0.6) is 0 Å². The summed E-state index contributed by atoms with van der Waals surface area (Å²) in [6, 6.07) is 12.1. The predicted octanol–water partition coefficient (Wildman–Crippen LogP) is 5.23. The first-order chi connectivity index (χ1) is 12.7. The fourth-order valence-electron chi connectivity index (χ4n) is 4.58. The van der Waals surface area contributed by atoms with E-state index in [1.165, 1.54) is 47.4 Å². The maximum atomic E-state index is 6.10. The minimum absolute atomic E-state index is 0.411. The lowest BCUT2D eigenvalue weighted by Gasteiger charge is -2.25. The summed E-state index contributed by atoms with van der Waals surface area (Å²) < 4.78 is 6.05. The highest BCUT2D eigenvalue weighted by Crippen LogP contribution is 2.36. The number of nitrogens with two attached hydrogens (primary N) is 1. The lowest BCUT2D eigenvalue weighted by Crippen LogP contribution is -2.19. The van der Waals surface area contributed by atoms with Crippen LogP contribution < -0.4 is 5.73 Å². The van der Waals surface area contributed by atoms with E-state index < -0.39 is 0 Å². The molecule has 1 aromatic carbocycles. The van der Waals surface area contributed by atoms with E-state index in [1.54, 1.807) is 11.1 Å². The van der Waals surface area contributed by atoms with Crippen molar-refractivity contribution in [3.8, 4) is 0 Å². The standard InChI is InChI=1S/C23H31NOS/c1-2-22-9-10-23(26-22)15-25-14-16-3-4-18-12-19(6-5-17(18)11-16)20-7-8-21(24)13-20/h5-6,9-10,12,16,20-21H,2-4,7-8,11,13-15,24H2,1H3. The number of aryl methyl sites for hydroxylation is 2. The quantitative estimate of drug-likeness (QED) is 0.757. The lowest BCUT2D eigenvalue weighted by atomic mass is 9.82. The SMILES string of the molecule is CCc1ccc(COCC2CCc3cc(C4CCC(N)C4)ccc3C2)s1. The Hall–Kier alpha value is -1.16. The van der Waals surface area contributed by atoms with Crippen molar-refractivity contribution in [1.29, 1.82) is 0 Å². The molecule has 2 aliphatic rings. The molecule has 3 heteroatoms. The molecule has 2 aromatic rings. The van der Waals surface area contributed by atoms with Gasteiger partial charge in [0, 0.05) is 15.8 Å². The lowest BCUT2D eigenvalue weighted by molar-refractivity contribution is 0.0840. The van der Waals surface area contributed by atoms with Crippen LogP contribution in [0, 0.1) is 5.92 Å². The minimum Gasteiger partial charge on any atom is -0.376 e. The number of hydrogen-bond donors (Lipinski definition) is 1. The fraction of sp³-hybridized carbons (Fsp3) is 0.565. The monoisotopic (exact) mass is 369 g/mol. The zero-order valence-corrected chi connectivity index (χ0v) is 16.7. The second-order valence-electron chi connectivity index (χ2n) is 8.14. The Balaban J connectivity index is 1.30. The van der Waals surface area contributed by atoms with Crippen molar-refractivity contribution in [3.63, 3.8) is 0 Å². The molecule has 3 unspecified atom stereocenters. The zero-order chi connectivity index (χ0) is 17.9. The first-order valence-corrected chi connectivity index (χ1v) is 11.1. The van der Waals surface area contributed by atoms with Gasteiger partial charge < -0.3 is 10.5 Å². The summed E-state index contributed by atoms with van der Waals surface area (Å²) in [6.45, 7) is 3.87. The molecule has 2 N–H and O–H groups in total. The number of thiophene rings is 1. The van der Waals surface area contributed by atoms with E-state index in [0.29, 0.717) is 17.9 Å². The maximum absolute atomic E-state index is 6.10. The van der Waals surface area contributed by atoms with E-state index in [0.717, 1.165) is 26.1 Å². The van der Waals surface area contributed by atoms with Crippen molar-refractivity contribution < 1.29 is 4.74 Å². The minimum atomic E-state index is 0.411. The number of benzene rings is 1. The van der Waals surface area contributed by atoms with Crippen LogP contribution in [0.2, 0.25) is 0 Å². The molecule has 4 rings (SSSR count). The van der Waals surface area contributed by atoms with Crippen molar-refractivity contribution in [2.75, 3.05) is 6.61 Å². The van der Waals surface area contributed by atoms with Crippen LogP contribution in [-0.4, -0.2) is 12.6 Å². The predicted molar refractivity (Wildman–Crippen MR) is 110 cm³/mol. The third-order valence-electron chi connectivity index (χ3n) is 6.17. The van der Waals surface area contributed by atoms with Crippen LogP contribution >= 0.6 is 11.3 Å². The molecule has 2 aliphatic carbocycles. The Morgan fingerprint density at radius 3 is 2.73 bits per heavy atom. The third-order valence-corrected chi connectivity index (χ3v) is 7.37. The van der Waals surface area contributed by atoms with E-state index >= 15 is 0 Å². The molecule has 140 valence electrons. The van der Waals surface area contributed by atoms with Crippen LogP contribution in [0.25, 0.3) is 0 Å². The zero-order valence-electron chi connectivity index (χ0n) is 15.9. The Morgan fingerprint density at radius 1 is 1.08 bits per heavy atom. The van der Waals surface area contributed by atoms with Crippen LogP contribution in [0.15, 0.2) is 30.3 Å². The summed E-state index contributed by atoms with van der Waals surface area (Å²) >= 11 is 1.89. The van der Waals surface area contributed by atoms with Crippen LogP contribution in [0.3, 0.4) is 0 Å². The molecule has 1 saturated carbocycles. The molecule has 26 heavy (non-hydrogen) atoms. The average Bonchev–Trinajstić information content (AvgIpc) is 3.30. The summed E-state index contributed by atoms with van der Waals surface area (Å²) in [5.41, 5.74) is 10.7. The number of hydrogen-bond acceptors (Lipinski definition) is 3. The highest BCUT2D eigenvalue weighted by molar-refractivity contribution is 7.11. The van der Waals surface area contributed by atoms with Gasteiger partial charge in [-0.05, 0) is 85.6 Å². The third kappa shape index (κ3) is 4.21. The molecule has 1 heterocycles. The molecule has 2 nitrogen and oxygen atoms in total. The molecule has 0 amide bonds. The van der Waals surface area contributed by atoms with Gasteiger partial charge in [-0.1, -0.05) is 25.1 Å². The topological polar surface area (TPSA) is 35.2 Å². The molecule has 3 atom stereocenters. The van der Waals surface area contributed by atoms with E-state index in [9.17, 15) is 0 Å². The Bertz CT molecular complexity index is 738. The van der Waals surface area contributed by atoms with Crippen molar-refractivity contribution >= 4 is 11.3 Å². The van der Waals surface area contributed by atoms with Crippen molar-refractivity contribution in [2.24, 2.45) is 11.7 Å². The van der Waals surface area contributed by atoms with Crippen molar-refractivity contribution in [3.05, 3.63) is 56.8 Å². The van der Waals surface area contributed by atoms with Crippen LogP contribution in [-0.2, 0) is 30.6 Å². The number of fused-ring (bicyclic) bond motifs is 1. The molecule has 0 saturated heterocycles. The van der Waals surface area contributed by atoms with E-state index in [2.05, 4.69) is 37.3 Å². The van der Waals surface area contributed by atoms with Gasteiger partial charge in [-0.25, -0.2) is 0 Å². The van der Waals surface area contributed by atoms with Gasteiger partial charge in [0.1, 0.15) is 0 Å². The summed E-state index contributed by atoms with van der Waals surface area (Å²) in [7, 11) is 0. The van der Waals surface area contributed by atoms with Gasteiger partial charge in [-0.3, -0.25) is 0 Å². The first-order valence-electron chi connectivity index (χ1n) is 10.2. The van der Waals surface area contributed by atoms with E-state index in [4.69, 9.17) is 10.5 Å². The van der Waals surface area contributed by atoms with Gasteiger partial charge in [0.25, 0.3) is 0 Å². The molecule has 1 aromatic heterocycles. The largest absolute Gasteiger partial charge is 0.376 e. The van der Waals surface area contributed by atoms with Gasteiger partial charge in [0.2, 0.25) is 0 Å². The van der Waals surface area contributed by atoms with Gasteiger partial charge in [-0.2, -0.15) is 0 Å². The van der Waals surface area contributed by atoms with Gasteiger partial charge >= 0.3 is 0 Å². The van der Waals surface area contributed by atoms with Crippen molar-refractivity contribution in [2.45, 2.75) is 70.4 Å². The van der Waals surface area contributed by atoms with Gasteiger partial charge in [-0.15, -0.1) is 11.3 Å². The average molecular weight is 370 g/mol. The molecule has 0 radical (unpaired) electrons. The Kier molecular flexibility index (Phi) is 5.78. The smallest absolute Gasteiger partial charge is 0.0809 e. The maximum Gasteiger partial charge on any atom is 0.0809 e. The molecule has 0 bridgehead atoms. The summed E-state index contributed by atoms with van der Waals surface area (Å²) in [6.07, 6.45) is 8.37.